The molecule has 1 saturated heterocycles. The van der Waals surface area contributed by atoms with Gasteiger partial charge in [-0.15, -0.1) is 0 Å². The molecule has 25 heavy (non-hydrogen) atoms. The number of hydrogen-bond donors (Lipinski definition) is 2. The fraction of sp³-hybridized carbons (Fsp3) is 0.579. The molecule has 1 aliphatic heterocycles. The number of carbonyl (C=O) groups excluding carboxylic acids is 2. The number of benzene rings is 1. The van der Waals surface area contributed by atoms with Gasteiger partial charge in [-0.3, -0.25) is 9.59 Å². The van der Waals surface area contributed by atoms with Crippen LogP contribution in [0.25, 0.3) is 0 Å². The predicted molar refractivity (Wildman–Crippen MR) is 100 cm³/mol. The van der Waals surface area contributed by atoms with Gasteiger partial charge in [0, 0.05) is 25.0 Å². The zero-order chi connectivity index (χ0) is 18.2. The van der Waals surface area contributed by atoms with Gasteiger partial charge in [0.1, 0.15) is 0 Å². The average molecular weight is 366 g/mol. The van der Waals surface area contributed by atoms with Gasteiger partial charge in [0.2, 0.25) is 11.8 Å². The van der Waals surface area contributed by atoms with Gasteiger partial charge in [0.25, 0.3) is 0 Å². The summed E-state index contributed by atoms with van der Waals surface area (Å²) < 4.78 is 0. The summed E-state index contributed by atoms with van der Waals surface area (Å²) in [6, 6.07) is 6.97. The van der Waals surface area contributed by atoms with Crippen LogP contribution in [0.4, 0.5) is 0 Å². The minimum absolute atomic E-state index is 0.0979. The first-order valence-electron chi connectivity index (χ1n) is 8.94. The number of hydrogen-bond acceptors (Lipinski definition) is 3. The normalized spacial score (nSPS) is 16.5. The highest BCUT2D eigenvalue weighted by molar-refractivity contribution is 6.30. The lowest BCUT2D eigenvalue weighted by molar-refractivity contribution is -0.133. The summed E-state index contributed by atoms with van der Waals surface area (Å²) in [4.78, 5) is 26.1. The van der Waals surface area contributed by atoms with Crippen LogP contribution >= 0.6 is 11.6 Å². The van der Waals surface area contributed by atoms with Gasteiger partial charge in [0.05, 0.1) is 12.5 Å². The van der Waals surface area contributed by atoms with Crippen molar-refractivity contribution in [2.75, 3.05) is 26.7 Å². The Labute approximate surface area is 155 Å². The van der Waals surface area contributed by atoms with E-state index in [4.69, 9.17) is 11.6 Å². The number of amides is 2. The van der Waals surface area contributed by atoms with E-state index in [1.807, 2.05) is 24.1 Å². The number of nitrogens with one attached hydrogen (secondary N) is 2. The van der Waals surface area contributed by atoms with Crippen molar-refractivity contribution in [3.8, 4) is 0 Å². The molecule has 0 radical (unpaired) electrons. The van der Waals surface area contributed by atoms with E-state index in [0.29, 0.717) is 10.9 Å². The van der Waals surface area contributed by atoms with E-state index in [-0.39, 0.29) is 24.3 Å². The lowest BCUT2D eigenvalue weighted by Crippen LogP contribution is -2.41. The first-order valence-corrected chi connectivity index (χ1v) is 9.32. The molecule has 1 heterocycles. The van der Waals surface area contributed by atoms with Crippen LogP contribution in [0.15, 0.2) is 24.3 Å². The largest absolute Gasteiger partial charge is 0.349 e. The summed E-state index contributed by atoms with van der Waals surface area (Å²) in [6.07, 6.45) is 3.55. The van der Waals surface area contributed by atoms with E-state index in [2.05, 4.69) is 10.6 Å². The Bertz CT molecular complexity index is 569. The lowest BCUT2D eigenvalue weighted by Gasteiger charge is -2.33. The molecule has 6 heteroatoms. The summed E-state index contributed by atoms with van der Waals surface area (Å²) in [6.45, 7) is 4.11. The fourth-order valence-corrected chi connectivity index (χ4v) is 3.44. The standard InChI is InChI=1S/C19H28ClN3O2/c1-14(24)22-18(16-3-5-17(20)6-4-16)13-19(25)23-11-8-15(9-12-23)7-10-21-2/h3-6,15,18,21H,7-13H2,1-2H3,(H,22,24). The van der Waals surface area contributed by atoms with Gasteiger partial charge < -0.3 is 15.5 Å². The molecule has 1 aromatic carbocycles. The van der Waals surface area contributed by atoms with Gasteiger partial charge in [-0.1, -0.05) is 23.7 Å². The number of nitrogens with zero attached hydrogens (tertiary/aromatic N) is 1. The topological polar surface area (TPSA) is 61.4 Å². The average Bonchev–Trinajstić information content (AvgIpc) is 2.60. The third-order valence-electron chi connectivity index (χ3n) is 4.80. The van der Waals surface area contributed by atoms with Gasteiger partial charge in [-0.05, 0) is 56.5 Å². The van der Waals surface area contributed by atoms with Crippen LogP contribution in [-0.2, 0) is 9.59 Å². The third-order valence-corrected chi connectivity index (χ3v) is 5.05. The van der Waals surface area contributed by atoms with Crippen LogP contribution < -0.4 is 10.6 Å². The molecule has 1 aliphatic rings. The molecule has 1 aromatic rings. The second-order valence-corrected chi connectivity index (χ2v) is 7.16. The van der Waals surface area contributed by atoms with Crippen molar-refractivity contribution in [3.05, 3.63) is 34.9 Å². The molecular formula is C19H28ClN3O2. The number of rotatable bonds is 7. The number of piperidine rings is 1. The van der Waals surface area contributed by atoms with Crippen molar-refractivity contribution in [3.63, 3.8) is 0 Å². The number of likely N-dealkylation sites (tertiary alicyclic amines) is 1. The number of carbonyl (C=O) groups is 2. The van der Waals surface area contributed by atoms with Crippen molar-refractivity contribution in [1.29, 1.82) is 0 Å². The monoisotopic (exact) mass is 365 g/mol. The zero-order valence-electron chi connectivity index (χ0n) is 15.1. The Balaban J connectivity index is 1.93. The third kappa shape index (κ3) is 6.33. The van der Waals surface area contributed by atoms with Crippen molar-refractivity contribution in [1.82, 2.24) is 15.5 Å². The summed E-state index contributed by atoms with van der Waals surface area (Å²) in [5.74, 6) is 0.651. The highest BCUT2D eigenvalue weighted by atomic mass is 35.5. The van der Waals surface area contributed by atoms with Crippen molar-refractivity contribution >= 4 is 23.4 Å². The lowest BCUT2D eigenvalue weighted by atomic mass is 9.93. The van der Waals surface area contributed by atoms with E-state index in [1.54, 1.807) is 12.1 Å². The molecule has 0 aliphatic carbocycles. The Hall–Kier alpha value is -1.59. The smallest absolute Gasteiger partial charge is 0.224 e. The molecule has 1 unspecified atom stereocenters. The fourth-order valence-electron chi connectivity index (χ4n) is 3.32. The van der Waals surface area contributed by atoms with E-state index in [9.17, 15) is 9.59 Å². The molecule has 2 N–H and O–H groups in total. The molecule has 1 fully saturated rings. The summed E-state index contributed by atoms with van der Waals surface area (Å²) in [5, 5.41) is 6.71. The van der Waals surface area contributed by atoms with Gasteiger partial charge in [-0.2, -0.15) is 0 Å². The van der Waals surface area contributed by atoms with E-state index >= 15 is 0 Å². The van der Waals surface area contributed by atoms with Crippen LogP contribution in [0.2, 0.25) is 5.02 Å². The minimum Gasteiger partial charge on any atom is -0.349 e. The second kappa shape index (κ2) is 9.78. The van der Waals surface area contributed by atoms with Gasteiger partial charge in [-0.25, -0.2) is 0 Å². The summed E-state index contributed by atoms with van der Waals surface area (Å²) in [5.41, 5.74) is 0.900. The first-order chi connectivity index (χ1) is 12.0. The molecule has 0 aromatic heterocycles. The summed E-state index contributed by atoms with van der Waals surface area (Å²) in [7, 11) is 1.97. The quantitative estimate of drug-likeness (QED) is 0.781. The Morgan fingerprint density at radius 2 is 1.88 bits per heavy atom. The Morgan fingerprint density at radius 3 is 2.44 bits per heavy atom. The molecule has 2 amide bonds. The summed E-state index contributed by atoms with van der Waals surface area (Å²) >= 11 is 5.93. The molecular weight excluding hydrogens is 338 g/mol. The molecule has 5 nitrogen and oxygen atoms in total. The van der Waals surface area contributed by atoms with Gasteiger partial charge >= 0.3 is 0 Å². The van der Waals surface area contributed by atoms with Crippen LogP contribution in [-0.4, -0.2) is 43.4 Å². The zero-order valence-corrected chi connectivity index (χ0v) is 15.8. The maximum atomic E-state index is 12.7. The maximum Gasteiger partial charge on any atom is 0.224 e. The first kappa shape index (κ1) is 19.7. The number of halogens is 1. The van der Waals surface area contributed by atoms with Crippen LogP contribution in [0.3, 0.4) is 0 Å². The second-order valence-electron chi connectivity index (χ2n) is 6.73. The molecule has 2 rings (SSSR count). The minimum atomic E-state index is -0.315. The van der Waals surface area contributed by atoms with Crippen LogP contribution in [0.5, 0.6) is 0 Å². The molecule has 0 bridgehead atoms. The van der Waals surface area contributed by atoms with E-state index in [1.165, 1.54) is 6.92 Å². The maximum absolute atomic E-state index is 12.7. The van der Waals surface area contributed by atoms with Crippen LogP contribution in [0.1, 0.15) is 44.2 Å². The van der Waals surface area contributed by atoms with Crippen molar-refractivity contribution in [2.24, 2.45) is 5.92 Å². The predicted octanol–water partition coefficient (Wildman–Crippen LogP) is 2.76. The molecule has 0 saturated carbocycles. The highest BCUT2D eigenvalue weighted by Gasteiger charge is 2.25. The van der Waals surface area contributed by atoms with Crippen molar-refractivity contribution < 1.29 is 9.59 Å². The molecule has 0 spiro atoms. The molecule has 1 atom stereocenters. The SMILES string of the molecule is CNCCC1CCN(C(=O)CC(NC(C)=O)c2ccc(Cl)cc2)CC1. The highest BCUT2D eigenvalue weighted by Crippen LogP contribution is 2.24. The van der Waals surface area contributed by atoms with Crippen molar-refractivity contribution in [2.45, 2.75) is 38.6 Å². The Morgan fingerprint density at radius 1 is 1.24 bits per heavy atom. The van der Waals surface area contributed by atoms with E-state index in [0.717, 1.165) is 44.5 Å². The van der Waals surface area contributed by atoms with E-state index < -0.39 is 0 Å². The Kier molecular flexibility index (Phi) is 7.72. The van der Waals surface area contributed by atoms with Crippen LogP contribution in [0, 0.1) is 5.92 Å². The van der Waals surface area contributed by atoms with Gasteiger partial charge in [0.15, 0.2) is 0 Å². The molecule has 138 valence electrons.